The molecule has 116 valence electrons. The van der Waals surface area contributed by atoms with Crippen molar-refractivity contribution < 1.29 is 14.3 Å². The molecule has 22 heavy (non-hydrogen) atoms. The Labute approximate surface area is 133 Å². The average molecular weight is 318 g/mol. The molecule has 0 aliphatic heterocycles. The Morgan fingerprint density at radius 2 is 1.86 bits per heavy atom. The Kier molecular flexibility index (Phi) is 5.55. The molecule has 1 unspecified atom stereocenters. The third kappa shape index (κ3) is 4.33. The molecule has 1 aromatic heterocycles. The lowest BCUT2D eigenvalue weighted by Gasteiger charge is -2.14. The van der Waals surface area contributed by atoms with Crippen molar-refractivity contribution in [3.8, 4) is 0 Å². The van der Waals surface area contributed by atoms with E-state index in [-0.39, 0.29) is 11.9 Å². The molecule has 2 aromatic rings. The second-order valence-electron chi connectivity index (χ2n) is 4.63. The highest BCUT2D eigenvalue weighted by Crippen LogP contribution is 2.17. The van der Waals surface area contributed by atoms with Gasteiger partial charge in [0.1, 0.15) is 6.04 Å². The molecule has 0 spiro atoms. The Balaban J connectivity index is 1.93. The number of hydrogen-bond donors (Lipinski definition) is 2. The van der Waals surface area contributed by atoms with E-state index in [1.807, 2.05) is 11.4 Å². The molecule has 0 fully saturated rings. The van der Waals surface area contributed by atoms with E-state index in [0.29, 0.717) is 17.2 Å². The van der Waals surface area contributed by atoms with E-state index >= 15 is 0 Å². The summed E-state index contributed by atoms with van der Waals surface area (Å²) in [5.74, 6) is -0.423. The third-order valence-electron chi connectivity index (χ3n) is 2.91. The second kappa shape index (κ2) is 7.61. The van der Waals surface area contributed by atoms with Crippen molar-refractivity contribution in [2.75, 3.05) is 17.2 Å². The third-order valence-corrected chi connectivity index (χ3v) is 3.78. The van der Waals surface area contributed by atoms with Crippen molar-refractivity contribution in [1.29, 1.82) is 0 Å². The quantitative estimate of drug-likeness (QED) is 0.801. The minimum atomic E-state index is -0.425. The van der Waals surface area contributed by atoms with Crippen molar-refractivity contribution in [3.63, 3.8) is 0 Å². The molecule has 0 aliphatic carbocycles. The van der Waals surface area contributed by atoms with Gasteiger partial charge < -0.3 is 15.4 Å². The molecule has 5 nitrogen and oxygen atoms in total. The minimum absolute atomic E-state index is 0.129. The van der Waals surface area contributed by atoms with Crippen LogP contribution in [0.25, 0.3) is 0 Å². The molecular formula is C16H18N2O3S. The first-order valence-electron chi connectivity index (χ1n) is 6.98. The number of nitrogens with one attached hydrogen (secondary N) is 2. The summed E-state index contributed by atoms with van der Waals surface area (Å²) < 4.78 is 4.94. The molecule has 2 N–H and O–H groups in total. The predicted octanol–water partition coefficient (Wildman–Crippen LogP) is 3.36. The van der Waals surface area contributed by atoms with E-state index < -0.39 is 6.04 Å². The summed E-state index contributed by atoms with van der Waals surface area (Å²) in [6.45, 7) is 3.87. The first-order valence-corrected chi connectivity index (χ1v) is 7.86. The van der Waals surface area contributed by atoms with Gasteiger partial charge in [0.05, 0.1) is 11.5 Å². The molecular weight excluding hydrogens is 300 g/mol. The van der Waals surface area contributed by atoms with Crippen LogP contribution >= 0.6 is 11.3 Å². The van der Waals surface area contributed by atoms with Crippen LogP contribution in [0.1, 0.15) is 23.5 Å². The fraction of sp³-hybridized carbons (Fsp3) is 0.250. The Morgan fingerprint density at radius 3 is 2.45 bits per heavy atom. The van der Waals surface area contributed by atoms with Gasteiger partial charge >= 0.3 is 5.97 Å². The Morgan fingerprint density at radius 1 is 1.18 bits per heavy atom. The SMILES string of the molecule is CCOC(=O)C(C)Nc1ccc(NC(=O)c2cccs2)cc1. The second-order valence-corrected chi connectivity index (χ2v) is 5.57. The zero-order chi connectivity index (χ0) is 15.9. The smallest absolute Gasteiger partial charge is 0.328 e. The monoisotopic (exact) mass is 318 g/mol. The topological polar surface area (TPSA) is 67.4 Å². The summed E-state index contributed by atoms with van der Waals surface area (Å²) in [4.78, 5) is 24.1. The minimum Gasteiger partial charge on any atom is -0.464 e. The van der Waals surface area contributed by atoms with Gasteiger partial charge in [0.15, 0.2) is 0 Å². The summed E-state index contributed by atoms with van der Waals surface area (Å²) in [6, 6.07) is 10.4. The van der Waals surface area contributed by atoms with Crippen molar-refractivity contribution in [2.24, 2.45) is 0 Å². The van der Waals surface area contributed by atoms with E-state index in [9.17, 15) is 9.59 Å². The van der Waals surface area contributed by atoms with E-state index in [1.54, 1.807) is 44.2 Å². The summed E-state index contributed by atoms with van der Waals surface area (Å²) in [6.07, 6.45) is 0. The molecule has 2 rings (SSSR count). The molecule has 1 heterocycles. The summed E-state index contributed by atoms with van der Waals surface area (Å²) in [5.41, 5.74) is 1.49. The number of benzene rings is 1. The van der Waals surface area contributed by atoms with Crippen molar-refractivity contribution in [2.45, 2.75) is 19.9 Å². The van der Waals surface area contributed by atoms with Crippen LogP contribution in [0, 0.1) is 0 Å². The fourth-order valence-corrected chi connectivity index (χ4v) is 2.45. The van der Waals surface area contributed by atoms with Crippen LogP contribution in [0.2, 0.25) is 0 Å². The molecule has 0 saturated carbocycles. The number of esters is 1. The highest BCUT2D eigenvalue weighted by molar-refractivity contribution is 7.12. The Hall–Kier alpha value is -2.34. The normalized spacial score (nSPS) is 11.5. The maximum Gasteiger partial charge on any atom is 0.328 e. The van der Waals surface area contributed by atoms with Gasteiger partial charge in [-0.2, -0.15) is 0 Å². The first kappa shape index (κ1) is 16.0. The number of carbonyl (C=O) groups excluding carboxylic acids is 2. The zero-order valence-electron chi connectivity index (χ0n) is 12.5. The van der Waals surface area contributed by atoms with Gasteiger partial charge in [-0.05, 0) is 49.6 Å². The van der Waals surface area contributed by atoms with E-state index in [0.717, 1.165) is 5.69 Å². The van der Waals surface area contributed by atoms with Gasteiger partial charge in [0, 0.05) is 11.4 Å². The van der Waals surface area contributed by atoms with E-state index in [4.69, 9.17) is 4.74 Å². The highest BCUT2D eigenvalue weighted by Gasteiger charge is 2.13. The number of ether oxygens (including phenoxy) is 1. The van der Waals surface area contributed by atoms with Gasteiger partial charge in [-0.15, -0.1) is 11.3 Å². The van der Waals surface area contributed by atoms with Crippen molar-refractivity contribution in [3.05, 3.63) is 46.7 Å². The number of carbonyl (C=O) groups is 2. The predicted molar refractivity (Wildman–Crippen MR) is 88.4 cm³/mol. The van der Waals surface area contributed by atoms with Crippen LogP contribution in [-0.4, -0.2) is 24.5 Å². The van der Waals surface area contributed by atoms with Gasteiger partial charge in [-0.3, -0.25) is 4.79 Å². The van der Waals surface area contributed by atoms with Crippen LogP contribution in [0.3, 0.4) is 0 Å². The van der Waals surface area contributed by atoms with E-state index in [2.05, 4.69) is 10.6 Å². The van der Waals surface area contributed by atoms with Crippen molar-refractivity contribution >= 4 is 34.6 Å². The number of amides is 1. The fourth-order valence-electron chi connectivity index (χ4n) is 1.83. The number of rotatable bonds is 6. The number of anilines is 2. The molecule has 1 amide bonds. The lowest BCUT2D eigenvalue weighted by molar-refractivity contribution is -0.143. The average Bonchev–Trinajstić information content (AvgIpc) is 3.04. The van der Waals surface area contributed by atoms with E-state index in [1.165, 1.54) is 11.3 Å². The van der Waals surface area contributed by atoms with Gasteiger partial charge in [-0.1, -0.05) is 6.07 Å². The highest BCUT2D eigenvalue weighted by atomic mass is 32.1. The zero-order valence-corrected chi connectivity index (χ0v) is 13.3. The summed E-state index contributed by atoms with van der Waals surface area (Å²) in [7, 11) is 0. The van der Waals surface area contributed by atoms with Gasteiger partial charge in [0.25, 0.3) is 5.91 Å². The van der Waals surface area contributed by atoms with Crippen molar-refractivity contribution in [1.82, 2.24) is 0 Å². The summed E-state index contributed by atoms with van der Waals surface area (Å²) >= 11 is 1.39. The largest absolute Gasteiger partial charge is 0.464 e. The standard InChI is InChI=1S/C16H18N2O3S/c1-3-21-16(20)11(2)17-12-6-8-13(9-7-12)18-15(19)14-5-4-10-22-14/h4-11,17H,3H2,1-2H3,(H,18,19). The number of hydrogen-bond acceptors (Lipinski definition) is 5. The molecule has 0 saturated heterocycles. The molecule has 0 bridgehead atoms. The Bertz CT molecular complexity index is 623. The lowest BCUT2D eigenvalue weighted by Crippen LogP contribution is -2.28. The molecule has 0 radical (unpaired) electrons. The van der Waals surface area contributed by atoms with Crippen LogP contribution < -0.4 is 10.6 Å². The lowest BCUT2D eigenvalue weighted by atomic mass is 10.2. The maximum atomic E-state index is 11.9. The van der Waals surface area contributed by atoms with Gasteiger partial charge in [-0.25, -0.2) is 4.79 Å². The van der Waals surface area contributed by atoms with Crippen LogP contribution in [0.15, 0.2) is 41.8 Å². The number of thiophene rings is 1. The van der Waals surface area contributed by atoms with Crippen LogP contribution in [0.4, 0.5) is 11.4 Å². The van der Waals surface area contributed by atoms with Gasteiger partial charge in [0.2, 0.25) is 0 Å². The van der Waals surface area contributed by atoms with Crippen LogP contribution in [0.5, 0.6) is 0 Å². The molecule has 6 heteroatoms. The first-order chi connectivity index (χ1) is 10.6. The molecule has 1 aromatic carbocycles. The summed E-state index contributed by atoms with van der Waals surface area (Å²) in [5, 5.41) is 7.73. The van der Waals surface area contributed by atoms with Crippen LogP contribution in [-0.2, 0) is 9.53 Å². The molecule has 0 aliphatic rings. The molecule has 1 atom stereocenters. The maximum absolute atomic E-state index is 11.9.